The molecule has 9 nitrogen and oxygen atoms in total. The number of fused-ring (bicyclic) bond motifs is 3. The summed E-state index contributed by atoms with van der Waals surface area (Å²) in [6.07, 6.45) is 4.82. The van der Waals surface area contributed by atoms with Crippen LogP contribution in [0.2, 0.25) is 5.02 Å². The first-order valence-corrected chi connectivity index (χ1v) is 13.2. The van der Waals surface area contributed by atoms with Crippen molar-refractivity contribution in [3.63, 3.8) is 0 Å². The third-order valence-electron chi connectivity index (χ3n) is 7.89. The molecule has 3 aliphatic heterocycles. The molecule has 2 amide bonds. The molecule has 2 fully saturated rings. The number of halogens is 1. The van der Waals surface area contributed by atoms with E-state index < -0.39 is 40.7 Å². The van der Waals surface area contributed by atoms with Crippen molar-refractivity contribution in [2.75, 3.05) is 4.90 Å². The maximum Gasteiger partial charge on any atom is 0.271 e. The number of ketones is 2. The molecule has 0 aliphatic carbocycles. The fourth-order valence-electron chi connectivity index (χ4n) is 5.93. The number of amides is 2. The van der Waals surface area contributed by atoms with Gasteiger partial charge in [0, 0.05) is 40.1 Å². The number of rotatable bonds is 6. The summed E-state index contributed by atoms with van der Waals surface area (Å²) in [6, 6.07) is 17.1. The van der Waals surface area contributed by atoms with Gasteiger partial charge in [-0.2, -0.15) is 0 Å². The highest BCUT2D eigenvalue weighted by Crippen LogP contribution is 2.48. The summed E-state index contributed by atoms with van der Waals surface area (Å²) < 4.78 is 0. The monoisotopic (exact) mass is 567 g/mol. The number of hydrogen-bond donors (Lipinski definition) is 0. The molecule has 3 aromatic carbocycles. The number of allylic oxidation sites excluding steroid dienone is 2. The van der Waals surface area contributed by atoms with Crippen LogP contribution in [0, 0.1) is 28.9 Å². The van der Waals surface area contributed by atoms with Crippen LogP contribution in [-0.2, 0) is 9.59 Å². The van der Waals surface area contributed by atoms with Crippen LogP contribution < -0.4 is 4.90 Å². The van der Waals surface area contributed by atoms with Crippen LogP contribution in [0.5, 0.6) is 0 Å². The van der Waals surface area contributed by atoms with Gasteiger partial charge in [0.1, 0.15) is 6.04 Å². The second kappa shape index (κ2) is 9.94. The third-order valence-corrected chi connectivity index (χ3v) is 8.14. The molecule has 0 bridgehead atoms. The molecule has 0 aromatic heterocycles. The summed E-state index contributed by atoms with van der Waals surface area (Å²) in [6.45, 7) is 1.65. The van der Waals surface area contributed by atoms with E-state index in [0.29, 0.717) is 27.3 Å². The normalized spacial score (nSPS) is 22.8. The summed E-state index contributed by atoms with van der Waals surface area (Å²) >= 11 is 6.03. The van der Waals surface area contributed by atoms with E-state index in [1.807, 2.05) is 0 Å². The van der Waals surface area contributed by atoms with Gasteiger partial charge in [0.25, 0.3) is 5.69 Å². The van der Waals surface area contributed by atoms with Gasteiger partial charge in [0.15, 0.2) is 11.6 Å². The molecule has 0 N–H and O–H groups in total. The van der Waals surface area contributed by atoms with Gasteiger partial charge in [-0.05, 0) is 42.8 Å². The van der Waals surface area contributed by atoms with Crippen molar-refractivity contribution in [2.45, 2.75) is 19.0 Å². The van der Waals surface area contributed by atoms with E-state index in [2.05, 4.69) is 0 Å². The van der Waals surface area contributed by atoms with Crippen LogP contribution in [0.3, 0.4) is 0 Å². The molecule has 6 rings (SSSR count). The average molecular weight is 568 g/mol. The number of nitrogens with zero attached hydrogens (tertiary/aromatic N) is 3. The molecule has 10 heteroatoms. The molecule has 0 unspecified atom stereocenters. The Balaban J connectivity index is 1.45. The molecule has 3 heterocycles. The topological polar surface area (TPSA) is 118 Å². The first kappa shape index (κ1) is 26.3. The minimum absolute atomic E-state index is 0.101. The lowest BCUT2D eigenvalue weighted by molar-refractivity contribution is -0.384. The Hall–Kier alpha value is -4.89. The van der Waals surface area contributed by atoms with Crippen molar-refractivity contribution >= 4 is 46.4 Å². The zero-order valence-corrected chi connectivity index (χ0v) is 22.4. The average Bonchev–Trinajstić information content (AvgIpc) is 3.44. The Morgan fingerprint density at radius 3 is 2.27 bits per heavy atom. The highest BCUT2D eigenvalue weighted by molar-refractivity contribution is 6.30. The summed E-state index contributed by atoms with van der Waals surface area (Å²) in [7, 11) is 0. The number of nitro benzene ring substituents is 1. The van der Waals surface area contributed by atoms with Gasteiger partial charge in [-0.1, -0.05) is 54.1 Å². The molecule has 0 radical (unpaired) electrons. The molecule has 2 saturated heterocycles. The fraction of sp³-hybridized carbons (Fsp3) is 0.161. The van der Waals surface area contributed by atoms with Crippen LogP contribution in [-0.4, -0.2) is 45.3 Å². The van der Waals surface area contributed by atoms with Gasteiger partial charge >= 0.3 is 0 Å². The molecule has 3 aliphatic rings. The summed E-state index contributed by atoms with van der Waals surface area (Å²) in [5.74, 6) is -3.92. The lowest BCUT2D eigenvalue weighted by Gasteiger charge is -2.33. The van der Waals surface area contributed by atoms with Gasteiger partial charge in [-0.25, -0.2) is 4.90 Å². The van der Waals surface area contributed by atoms with E-state index in [0.717, 1.165) is 4.90 Å². The first-order valence-electron chi connectivity index (χ1n) is 12.9. The molecule has 0 saturated carbocycles. The standard InChI is InChI=1S/C31H22ClN3O6/c1-17-7-12-22(35(40)41)16-23(17)34-30(38)25-24-15-20(28(36)18-5-3-2-4-6-18)13-14-33(24)27(26(25)31(34)39)29(37)19-8-10-21(32)11-9-19/h2-16,24-27H,1H3/t24-,25-,26+,27-/m0/s1. The number of Topliss-reactive ketones (excluding diaryl/α,β-unsaturated/α-hetero) is 2. The fourth-order valence-corrected chi connectivity index (χ4v) is 6.05. The number of non-ortho nitro benzene ring substituents is 1. The first-order chi connectivity index (χ1) is 19.7. The van der Waals surface area contributed by atoms with Gasteiger partial charge in [-0.3, -0.25) is 29.3 Å². The molecule has 4 atom stereocenters. The summed E-state index contributed by atoms with van der Waals surface area (Å²) in [4.78, 5) is 68.8. The number of carbonyl (C=O) groups excluding carboxylic acids is 4. The number of aryl methyl sites for hydroxylation is 1. The number of carbonyl (C=O) groups is 4. The molecule has 3 aromatic rings. The smallest absolute Gasteiger partial charge is 0.271 e. The van der Waals surface area contributed by atoms with Crippen molar-refractivity contribution in [2.24, 2.45) is 11.8 Å². The van der Waals surface area contributed by atoms with Crippen LogP contribution in [0.4, 0.5) is 11.4 Å². The Labute approximate surface area is 239 Å². The van der Waals surface area contributed by atoms with Crippen molar-refractivity contribution in [3.05, 3.63) is 129 Å². The SMILES string of the molecule is Cc1ccc([N+](=O)[O-])cc1N1C(=O)[C@@H]2[C@@H](C1=O)[C@@H]1C=C(C(=O)c3ccccc3)C=CN1[C@@H]2C(=O)c1ccc(Cl)cc1. The van der Waals surface area contributed by atoms with Gasteiger partial charge in [0.05, 0.1) is 28.5 Å². The van der Waals surface area contributed by atoms with E-state index in [4.69, 9.17) is 11.6 Å². The Bertz CT molecular complexity index is 1700. The molecular weight excluding hydrogens is 546 g/mol. The molecule has 0 spiro atoms. The van der Waals surface area contributed by atoms with E-state index in [-0.39, 0.29) is 22.9 Å². The number of benzene rings is 3. The Morgan fingerprint density at radius 2 is 1.59 bits per heavy atom. The maximum absolute atomic E-state index is 14.0. The van der Waals surface area contributed by atoms with Gasteiger partial charge < -0.3 is 4.90 Å². The Morgan fingerprint density at radius 1 is 0.902 bits per heavy atom. The highest BCUT2D eigenvalue weighted by Gasteiger charge is 2.63. The highest BCUT2D eigenvalue weighted by atomic mass is 35.5. The largest absolute Gasteiger partial charge is 0.359 e. The predicted molar refractivity (Wildman–Crippen MR) is 150 cm³/mol. The number of anilines is 1. The Kier molecular flexibility index (Phi) is 6.38. The number of imide groups is 1. The zero-order valence-electron chi connectivity index (χ0n) is 21.6. The van der Waals surface area contributed by atoms with Crippen LogP contribution >= 0.6 is 11.6 Å². The predicted octanol–water partition coefficient (Wildman–Crippen LogP) is 4.93. The van der Waals surface area contributed by atoms with Crippen LogP contribution in [0.25, 0.3) is 0 Å². The summed E-state index contributed by atoms with van der Waals surface area (Å²) in [5, 5.41) is 11.9. The van der Waals surface area contributed by atoms with Gasteiger partial charge in [-0.15, -0.1) is 0 Å². The molecule has 41 heavy (non-hydrogen) atoms. The van der Waals surface area contributed by atoms with E-state index in [9.17, 15) is 29.3 Å². The lowest BCUT2D eigenvalue weighted by Crippen LogP contribution is -2.46. The number of nitro groups is 1. The second-order valence-electron chi connectivity index (χ2n) is 10.2. The van der Waals surface area contributed by atoms with Crippen molar-refractivity contribution in [3.8, 4) is 0 Å². The van der Waals surface area contributed by atoms with Crippen molar-refractivity contribution < 1.29 is 24.1 Å². The second-order valence-corrected chi connectivity index (χ2v) is 10.6. The zero-order chi connectivity index (χ0) is 29.0. The molecule has 204 valence electrons. The lowest BCUT2D eigenvalue weighted by atomic mass is 9.85. The van der Waals surface area contributed by atoms with Gasteiger partial charge in [0.2, 0.25) is 11.8 Å². The minimum atomic E-state index is -1.08. The summed E-state index contributed by atoms with van der Waals surface area (Å²) in [5.41, 5.74) is 1.43. The quantitative estimate of drug-likeness (QED) is 0.179. The number of hydrogen-bond acceptors (Lipinski definition) is 7. The van der Waals surface area contributed by atoms with E-state index in [1.165, 1.54) is 18.2 Å². The minimum Gasteiger partial charge on any atom is -0.359 e. The van der Waals surface area contributed by atoms with Crippen molar-refractivity contribution in [1.82, 2.24) is 4.90 Å². The maximum atomic E-state index is 14.0. The molecular formula is C31H22ClN3O6. The van der Waals surface area contributed by atoms with Crippen LogP contribution in [0.1, 0.15) is 26.3 Å². The van der Waals surface area contributed by atoms with E-state index >= 15 is 0 Å². The third kappa shape index (κ3) is 4.25. The van der Waals surface area contributed by atoms with E-state index in [1.54, 1.807) is 84.8 Å². The van der Waals surface area contributed by atoms with Crippen molar-refractivity contribution in [1.29, 1.82) is 0 Å². The van der Waals surface area contributed by atoms with Crippen LogP contribution in [0.15, 0.2) is 96.7 Å².